The molecule has 2 N–H and O–H groups in total. The SMILES string of the molecule is C=C(NC)C(=O)CNCC(F)(F)F. The Labute approximate surface area is 74.0 Å². The number of Topliss-reactive ketones (excluding diaryl/α,β-unsaturated/α-hetero) is 1. The van der Waals surface area contributed by atoms with Crippen LogP contribution in [-0.2, 0) is 4.79 Å². The summed E-state index contributed by atoms with van der Waals surface area (Å²) in [6.45, 7) is 1.77. The number of likely N-dealkylation sites (N-methyl/N-ethyl adjacent to an activating group) is 1. The van der Waals surface area contributed by atoms with Crippen LogP contribution in [0.1, 0.15) is 0 Å². The van der Waals surface area contributed by atoms with Crippen LogP contribution in [0.15, 0.2) is 12.3 Å². The van der Waals surface area contributed by atoms with Crippen molar-refractivity contribution in [2.45, 2.75) is 6.18 Å². The molecule has 76 valence electrons. The smallest absolute Gasteiger partial charge is 0.386 e. The van der Waals surface area contributed by atoms with E-state index in [0.29, 0.717) is 0 Å². The Morgan fingerprint density at radius 3 is 2.38 bits per heavy atom. The maximum absolute atomic E-state index is 11.6. The van der Waals surface area contributed by atoms with Gasteiger partial charge in [-0.25, -0.2) is 0 Å². The zero-order chi connectivity index (χ0) is 10.5. The van der Waals surface area contributed by atoms with E-state index in [1.807, 2.05) is 5.32 Å². The summed E-state index contributed by atoms with van der Waals surface area (Å²) in [5.74, 6) is -0.480. The monoisotopic (exact) mass is 196 g/mol. The molecular weight excluding hydrogens is 185 g/mol. The van der Waals surface area contributed by atoms with Crippen molar-refractivity contribution in [2.75, 3.05) is 20.1 Å². The van der Waals surface area contributed by atoms with Gasteiger partial charge in [-0.1, -0.05) is 6.58 Å². The molecule has 0 aliphatic rings. The second-order valence-electron chi connectivity index (χ2n) is 2.37. The van der Waals surface area contributed by atoms with Gasteiger partial charge in [0.15, 0.2) is 5.78 Å². The van der Waals surface area contributed by atoms with Gasteiger partial charge in [0.1, 0.15) is 0 Å². The predicted molar refractivity (Wildman–Crippen MR) is 42.1 cm³/mol. The number of hydrogen-bond acceptors (Lipinski definition) is 3. The summed E-state index contributed by atoms with van der Waals surface area (Å²) in [4.78, 5) is 10.9. The second kappa shape index (κ2) is 4.86. The molecule has 13 heavy (non-hydrogen) atoms. The zero-order valence-corrected chi connectivity index (χ0v) is 7.16. The third kappa shape index (κ3) is 6.15. The Hall–Kier alpha value is -1.04. The number of hydrogen-bond donors (Lipinski definition) is 2. The van der Waals surface area contributed by atoms with E-state index in [4.69, 9.17) is 0 Å². The third-order valence-electron chi connectivity index (χ3n) is 1.25. The van der Waals surface area contributed by atoms with Crippen molar-refractivity contribution in [1.29, 1.82) is 0 Å². The van der Waals surface area contributed by atoms with Crippen molar-refractivity contribution in [2.24, 2.45) is 0 Å². The minimum absolute atomic E-state index is 0.0923. The highest BCUT2D eigenvalue weighted by molar-refractivity contribution is 5.95. The Morgan fingerprint density at radius 1 is 1.46 bits per heavy atom. The predicted octanol–water partition coefficient (Wildman–Crippen LogP) is 0.440. The quantitative estimate of drug-likeness (QED) is 0.627. The van der Waals surface area contributed by atoms with Gasteiger partial charge in [0, 0.05) is 7.05 Å². The number of alkyl halides is 3. The topological polar surface area (TPSA) is 41.1 Å². The van der Waals surface area contributed by atoms with Gasteiger partial charge < -0.3 is 10.6 Å². The van der Waals surface area contributed by atoms with Gasteiger partial charge in [0.25, 0.3) is 0 Å². The Balaban J connectivity index is 3.66. The molecule has 0 atom stereocenters. The van der Waals surface area contributed by atoms with E-state index < -0.39 is 18.5 Å². The van der Waals surface area contributed by atoms with Crippen LogP contribution in [0.2, 0.25) is 0 Å². The number of carbonyl (C=O) groups excluding carboxylic acids is 1. The van der Waals surface area contributed by atoms with Crippen molar-refractivity contribution < 1.29 is 18.0 Å². The normalized spacial score (nSPS) is 11.1. The number of rotatable bonds is 5. The molecule has 6 heteroatoms. The molecule has 0 bridgehead atoms. The van der Waals surface area contributed by atoms with Crippen LogP contribution < -0.4 is 10.6 Å². The minimum Gasteiger partial charge on any atom is -0.386 e. The molecular formula is C7H11F3N2O. The van der Waals surface area contributed by atoms with E-state index in [1.165, 1.54) is 7.05 Å². The first-order valence-corrected chi connectivity index (χ1v) is 3.54. The highest BCUT2D eigenvalue weighted by Gasteiger charge is 2.26. The number of halogens is 3. The zero-order valence-electron chi connectivity index (χ0n) is 7.16. The largest absolute Gasteiger partial charge is 0.401 e. The summed E-state index contributed by atoms with van der Waals surface area (Å²) in [7, 11) is 1.48. The van der Waals surface area contributed by atoms with E-state index in [0.717, 1.165) is 0 Å². The molecule has 0 amide bonds. The van der Waals surface area contributed by atoms with Gasteiger partial charge in [-0.3, -0.25) is 4.79 Å². The first-order chi connectivity index (χ1) is 5.87. The molecule has 0 heterocycles. The van der Waals surface area contributed by atoms with E-state index in [2.05, 4.69) is 11.9 Å². The van der Waals surface area contributed by atoms with Crippen LogP contribution in [0.3, 0.4) is 0 Å². The Bertz CT molecular complexity index is 200. The van der Waals surface area contributed by atoms with Crippen molar-refractivity contribution in [1.82, 2.24) is 10.6 Å². The van der Waals surface area contributed by atoms with Crippen LogP contribution in [0, 0.1) is 0 Å². The van der Waals surface area contributed by atoms with Crippen molar-refractivity contribution in [3.63, 3.8) is 0 Å². The lowest BCUT2D eigenvalue weighted by molar-refractivity contribution is -0.126. The Kier molecular flexibility index (Phi) is 4.47. The van der Waals surface area contributed by atoms with E-state index in [-0.39, 0.29) is 12.2 Å². The maximum atomic E-state index is 11.6. The average molecular weight is 196 g/mol. The molecule has 0 fully saturated rings. The molecule has 0 saturated carbocycles. The minimum atomic E-state index is -4.29. The number of carbonyl (C=O) groups is 1. The van der Waals surface area contributed by atoms with Crippen molar-refractivity contribution in [3.05, 3.63) is 12.3 Å². The van der Waals surface area contributed by atoms with Crippen LogP contribution >= 0.6 is 0 Å². The Morgan fingerprint density at radius 2 is 2.00 bits per heavy atom. The summed E-state index contributed by atoms with van der Waals surface area (Å²) >= 11 is 0. The molecule has 0 radical (unpaired) electrons. The molecule has 3 nitrogen and oxygen atoms in total. The lowest BCUT2D eigenvalue weighted by Gasteiger charge is -2.08. The van der Waals surface area contributed by atoms with Gasteiger partial charge in [0.05, 0.1) is 18.8 Å². The van der Waals surface area contributed by atoms with E-state index in [9.17, 15) is 18.0 Å². The van der Waals surface area contributed by atoms with Crippen molar-refractivity contribution >= 4 is 5.78 Å². The fourth-order valence-corrected chi connectivity index (χ4v) is 0.564. The van der Waals surface area contributed by atoms with Crippen LogP contribution in [0.25, 0.3) is 0 Å². The first-order valence-electron chi connectivity index (χ1n) is 3.54. The molecule has 0 rings (SSSR count). The average Bonchev–Trinajstić information content (AvgIpc) is 2.00. The van der Waals surface area contributed by atoms with Gasteiger partial charge in [0.2, 0.25) is 0 Å². The van der Waals surface area contributed by atoms with Crippen molar-refractivity contribution in [3.8, 4) is 0 Å². The fraction of sp³-hybridized carbons (Fsp3) is 0.571. The van der Waals surface area contributed by atoms with Crippen LogP contribution in [0.4, 0.5) is 13.2 Å². The van der Waals surface area contributed by atoms with Gasteiger partial charge in [-0.05, 0) is 0 Å². The van der Waals surface area contributed by atoms with E-state index >= 15 is 0 Å². The summed E-state index contributed by atoms with van der Waals surface area (Å²) in [5.41, 5.74) is 0.0923. The number of ketones is 1. The van der Waals surface area contributed by atoms with Crippen LogP contribution in [0.5, 0.6) is 0 Å². The highest BCUT2D eigenvalue weighted by atomic mass is 19.4. The second-order valence-corrected chi connectivity index (χ2v) is 2.37. The highest BCUT2D eigenvalue weighted by Crippen LogP contribution is 2.11. The number of nitrogens with one attached hydrogen (secondary N) is 2. The molecule has 0 aromatic rings. The lowest BCUT2D eigenvalue weighted by atomic mass is 10.3. The van der Waals surface area contributed by atoms with Gasteiger partial charge in [-0.2, -0.15) is 13.2 Å². The molecule has 0 saturated heterocycles. The first kappa shape index (κ1) is 12.0. The molecule has 0 aromatic carbocycles. The summed E-state index contributed by atoms with van der Waals surface area (Å²) < 4.78 is 34.7. The fourth-order valence-electron chi connectivity index (χ4n) is 0.564. The molecule has 0 aromatic heterocycles. The third-order valence-corrected chi connectivity index (χ3v) is 1.25. The summed E-state index contributed by atoms with van der Waals surface area (Å²) in [6, 6.07) is 0. The lowest BCUT2D eigenvalue weighted by Crippen LogP contribution is -2.34. The molecule has 0 aliphatic heterocycles. The maximum Gasteiger partial charge on any atom is 0.401 e. The molecule has 0 spiro atoms. The summed E-state index contributed by atoms with van der Waals surface area (Å²) in [6.07, 6.45) is -4.29. The van der Waals surface area contributed by atoms with Gasteiger partial charge in [-0.15, -0.1) is 0 Å². The summed E-state index contributed by atoms with van der Waals surface area (Å²) in [5, 5.41) is 4.41. The van der Waals surface area contributed by atoms with E-state index in [1.54, 1.807) is 0 Å². The molecule has 0 unspecified atom stereocenters. The molecule has 0 aliphatic carbocycles. The van der Waals surface area contributed by atoms with Gasteiger partial charge >= 0.3 is 6.18 Å². The van der Waals surface area contributed by atoms with Crippen LogP contribution in [-0.4, -0.2) is 32.1 Å². The standard InChI is InChI=1S/C7H11F3N2O/c1-5(11-2)6(13)3-12-4-7(8,9)10/h11-12H,1,3-4H2,2H3.